The van der Waals surface area contributed by atoms with E-state index >= 15 is 0 Å². The summed E-state index contributed by atoms with van der Waals surface area (Å²) in [7, 11) is 1.66. The van der Waals surface area contributed by atoms with Crippen LogP contribution in [0, 0.1) is 0 Å². The van der Waals surface area contributed by atoms with E-state index < -0.39 is 5.97 Å². The number of nitrogens with zero attached hydrogens (tertiary/aromatic N) is 1. The Hall–Kier alpha value is -2.89. The van der Waals surface area contributed by atoms with Crippen molar-refractivity contribution in [3.8, 4) is 5.75 Å². The zero-order chi connectivity index (χ0) is 17.8. The summed E-state index contributed by atoms with van der Waals surface area (Å²) < 4.78 is 5.28. The van der Waals surface area contributed by atoms with Crippen LogP contribution in [-0.4, -0.2) is 35.6 Å². The molecule has 1 unspecified atom stereocenters. The molecule has 0 aliphatic heterocycles. The van der Waals surface area contributed by atoms with E-state index in [1.165, 1.54) is 29.5 Å². The number of hydrogen-bond donors (Lipinski definition) is 2. The van der Waals surface area contributed by atoms with Crippen molar-refractivity contribution in [2.45, 2.75) is 25.2 Å². The highest BCUT2D eigenvalue weighted by Gasteiger charge is 2.21. The molecule has 0 saturated heterocycles. The molecule has 0 radical (unpaired) electrons. The lowest BCUT2D eigenvalue weighted by Crippen LogP contribution is -2.30. The van der Waals surface area contributed by atoms with Gasteiger partial charge < -0.3 is 15.2 Å². The molecule has 25 heavy (non-hydrogen) atoms. The first kappa shape index (κ1) is 17.0. The van der Waals surface area contributed by atoms with E-state index in [9.17, 15) is 9.59 Å². The number of hydrogen-bond acceptors (Lipinski definition) is 4. The van der Waals surface area contributed by atoms with Gasteiger partial charge in [0, 0.05) is 24.2 Å². The van der Waals surface area contributed by atoms with E-state index in [0.717, 1.165) is 25.0 Å². The predicted octanol–water partition coefficient (Wildman–Crippen LogP) is 2.64. The lowest BCUT2D eigenvalue weighted by Gasteiger charge is -2.26. The van der Waals surface area contributed by atoms with Crippen LogP contribution in [0.2, 0.25) is 0 Å². The van der Waals surface area contributed by atoms with E-state index in [-0.39, 0.29) is 17.5 Å². The lowest BCUT2D eigenvalue weighted by molar-refractivity contribution is 0.0690. The van der Waals surface area contributed by atoms with Crippen LogP contribution in [0.4, 0.5) is 0 Å². The second kappa shape index (κ2) is 7.34. The lowest BCUT2D eigenvalue weighted by atomic mass is 9.82. The summed E-state index contributed by atoms with van der Waals surface area (Å²) in [5.74, 6) is -0.337. The monoisotopic (exact) mass is 340 g/mol. The number of methoxy groups -OCH3 is 1. The van der Waals surface area contributed by atoms with Crippen molar-refractivity contribution >= 4 is 11.9 Å². The number of carboxylic acid groups (broad SMARTS) is 1. The number of benzene rings is 1. The third kappa shape index (κ3) is 3.79. The second-order valence-electron chi connectivity index (χ2n) is 6.10. The van der Waals surface area contributed by atoms with Gasteiger partial charge >= 0.3 is 5.97 Å². The predicted molar refractivity (Wildman–Crippen MR) is 92.2 cm³/mol. The van der Waals surface area contributed by atoms with Crippen LogP contribution in [0.25, 0.3) is 0 Å². The number of aryl methyl sites for hydroxylation is 1. The van der Waals surface area contributed by atoms with Crippen LogP contribution >= 0.6 is 0 Å². The summed E-state index contributed by atoms with van der Waals surface area (Å²) >= 11 is 0. The Morgan fingerprint density at radius 3 is 2.92 bits per heavy atom. The van der Waals surface area contributed by atoms with Crippen LogP contribution in [-0.2, 0) is 6.42 Å². The van der Waals surface area contributed by atoms with Gasteiger partial charge in [-0.3, -0.25) is 4.79 Å². The topological polar surface area (TPSA) is 88.5 Å². The molecule has 1 aliphatic carbocycles. The Morgan fingerprint density at radius 2 is 2.16 bits per heavy atom. The normalized spacial score (nSPS) is 16.0. The molecule has 2 N–H and O–H groups in total. The van der Waals surface area contributed by atoms with Gasteiger partial charge in [0.15, 0.2) is 0 Å². The highest BCUT2D eigenvalue weighted by Crippen LogP contribution is 2.33. The van der Waals surface area contributed by atoms with Gasteiger partial charge in [-0.2, -0.15) is 0 Å². The fraction of sp³-hybridized carbons (Fsp3) is 0.316. The zero-order valence-electron chi connectivity index (χ0n) is 14.0. The molecule has 0 bridgehead atoms. The number of aromatic nitrogens is 1. The van der Waals surface area contributed by atoms with Crippen molar-refractivity contribution in [3.05, 3.63) is 58.9 Å². The summed E-state index contributed by atoms with van der Waals surface area (Å²) in [6.07, 6.45) is 4.43. The molecule has 1 amide bonds. The van der Waals surface area contributed by atoms with Crippen LogP contribution in [0.1, 0.15) is 50.7 Å². The summed E-state index contributed by atoms with van der Waals surface area (Å²) in [5.41, 5.74) is 2.68. The minimum Gasteiger partial charge on any atom is -0.497 e. The molecule has 2 aromatic rings. The average Bonchev–Trinajstić information content (AvgIpc) is 2.65. The Kier molecular flexibility index (Phi) is 4.97. The molecule has 0 saturated carbocycles. The van der Waals surface area contributed by atoms with E-state index in [0.29, 0.717) is 12.1 Å². The fourth-order valence-corrected chi connectivity index (χ4v) is 3.24. The molecular formula is C19H20N2O4. The number of ether oxygens (including phenoxy) is 1. The number of carbonyl (C=O) groups excluding carboxylic acids is 1. The number of pyridine rings is 1. The first-order valence-corrected chi connectivity index (χ1v) is 8.23. The second-order valence-corrected chi connectivity index (χ2v) is 6.10. The van der Waals surface area contributed by atoms with Gasteiger partial charge in [-0.25, -0.2) is 9.78 Å². The van der Waals surface area contributed by atoms with Gasteiger partial charge in [0.1, 0.15) is 11.4 Å². The quantitative estimate of drug-likeness (QED) is 0.873. The average molecular weight is 340 g/mol. The number of carboxylic acids is 1. The van der Waals surface area contributed by atoms with Crippen LogP contribution < -0.4 is 10.1 Å². The minimum absolute atomic E-state index is 0.136. The number of aromatic carboxylic acids is 1. The summed E-state index contributed by atoms with van der Waals surface area (Å²) in [6.45, 7) is 0.517. The summed E-state index contributed by atoms with van der Waals surface area (Å²) in [6, 6.07) is 8.88. The summed E-state index contributed by atoms with van der Waals surface area (Å²) in [4.78, 5) is 27.0. The molecule has 6 heteroatoms. The molecule has 1 aromatic heterocycles. The first-order valence-electron chi connectivity index (χ1n) is 8.23. The van der Waals surface area contributed by atoms with Crippen molar-refractivity contribution in [1.82, 2.24) is 10.3 Å². The third-order valence-corrected chi connectivity index (χ3v) is 4.54. The van der Waals surface area contributed by atoms with Crippen molar-refractivity contribution in [1.29, 1.82) is 0 Å². The van der Waals surface area contributed by atoms with E-state index in [1.54, 1.807) is 7.11 Å². The standard InChI is InChI=1S/C19H20N2O4/c1-25-15-5-6-16-12(9-15)3-2-4-14(16)11-21-18(22)13-7-8-20-17(10-13)19(23)24/h5-10,14H,2-4,11H2,1H3,(H,21,22)(H,23,24). The maximum atomic E-state index is 12.3. The Balaban J connectivity index is 1.69. The molecule has 1 aliphatic rings. The molecule has 6 nitrogen and oxygen atoms in total. The van der Waals surface area contributed by atoms with Crippen LogP contribution in [0.5, 0.6) is 5.75 Å². The Bertz CT molecular complexity index is 804. The maximum Gasteiger partial charge on any atom is 0.354 e. The van der Waals surface area contributed by atoms with Crippen molar-refractivity contribution in [2.75, 3.05) is 13.7 Å². The molecular weight excluding hydrogens is 320 g/mol. The molecule has 130 valence electrons. The smallest absolute Gasteiger partial charge is 0.354 e. The minimum atomic E-state index is -1.15. The molecule has 0 fully saturated rings. The Morgan fingerprint density at radius 1 is 1.32 bits per heavy atom. The largest absolute Gasteiger partial charge is 0.497 e. The van der Waals surface area contributed by atoms with E-state index in [1.807, 2.05) is 6.07 Å². The highest BCUT2D eigenvalue weighted by atomic mass is 16.5. The van der Waals surface area contributed by atoms with Gasteiger partial charge in [0.25, 0.3) is 5.91 Å². The van der Waals surface area contributed by atoms with Crippen molar-refractivity contribution in [3.63, 3.8) is 0 Å². The van der Waals surface area contributed by atoms with Gasteiger partial charge in [-0.05, 0) is 54.7 Å². The molecule has 1 aromatic carbocycles. The molecule has 3 rings (SSSR count). The first-order chi connectivity index (χ1) is 12.1. The van der Waals surface area contributed by atoms with Crippen LogP contribution in [0.3, 0.4) is 0 Å². The van der Waals surface area contributed by atoms with Gasteiger partial charge in [0.2, 0.25) is 0 Å². The molecule has 0 spiro atoms. The number of fused-ring (bicyclic) bond motifs is 1. The van der Waals surface area contributed by atoms with Gasteiger partial charge in [0.05, 0.1) is 7.11 Å². The summed E-state index contributed by atoms with van der Waals surface area (Å²) in [5, 5.41) is 11.9. The fourth-order valence-electron chi connectivity index (χ4n) is 3.24. The number of amides is 1. The van der Waals surface area contributed by atoms with E-state index in [4.69, 9.17) is 9.84 Å². The van der Waals surface area contributed by atoms with Crippen molar-refractivity contribution < 1.29 is 19.4 Å². The van der Waals surface area contributed by atoms with Crippen molar-refractivity contribution in [2.24, 2.45) is 0 Å². The molecule has 1 heterocycles. The number of carbonyl (C=O) groups is 2. The Labute approximate surface area is 145 Å². The number of nitrogens with one attached hydrogen (secondary N) is 1. The van der Waals surface area contributed by atoms with E-state index in [2.05, 4.69) is 22.4 Å². The van der Waals surface area contributed by atoms with Gasteiger partial charge in [-0.15, -0.1) is 0 Å². The highest BCUT2D eigenvalue weighted by molar-refractivity contribution is 5.96. The van der Waals surface area contributed by atoms with Gasteiger partial charge in [-0.1, -0.05) is 6.07 Å². The van der Waals surface area contributed by atoms with Crippen LogP contribution in [0.15, 0.2) is 36.5 Å². The molecule has 1 atom stereocenters. The number of rotatable bonds is 5. The SMILES string of the molecule is COc1ccc2c(c1)CCCC2CNC(=O)c1ccnc(C(=O)O)c1. The maximum absolute atomic E-state index is 12.3. The zero-order valence-corrected chi connectivity index (χ0v) is 14.0. The third-order valence-electron chi connectivity index (χ3n) is 4.54.